The van der Waals surface area contributed by atoms with E-state index in [9.17, 15) is 13.2 Å². The van der Waals surface area contributed by atoms with E-state index >= 15 is 0 Å². The second-order valence-electron chi connectivity index (χ2n) is 7.21. The highest BCUT2D eigenvalue weighted by Gasteiger charge is 2.27. The van der Waals surface area contributed by atoms with Crippen LogP contribution >= 0.6 is 0 Å². The predicted octanol–water partition coefficient (Wildman–Crippen LogP) is 3.43. The Morgan fingerprint density at radius 2 is 1.75 bits per heavy atom. The smallest absolute Gasteiger partial charge is 0.262 e. The summed E-state index contributed by atoms with van der Waals surface area (Å²) in [5.41, 5.74) is 1.49. The molecule has 0 bridgehead atoms. The maximum atomic E-state index is 12.7. The zero-order valence-corrected chi connectivity index (χ0v) is 17.0. The third-order valence-electron chi connectivity index (χ3n) is 4.97. The SMILES string of the molecule is Cc1ccccc1OCC(=O)Nc1ccc(S(=O)(=O)N2CCC(C)CC2)cc1. The van der Waals surface area contributed by atoms with Crippen molar-refractivity contribution in [3.63, 3.8) is 0 Å². The number of rotatable bonds is 6. The summed E-state index contributed by atoms with van der Waals surface area (Å²) in [6.45, 7) is 5.05. The molecule has 0 saturated carbocycles. The quantitative estimate of drug-likeness (QED) is 0.803. The van der Waals surface area contributed by atoms with Gasteiger partial charge in [0, 0.05) is 18.8 Å². The van der Waals surface area contributed by atoms with Gasteiger partial charge in [0.2, 0.25) is 10.0 Å². The molecule has 1 amide bonds. The van der Waals surface area contributed by atoms with E-state index in [2.05, 4.69) is 12.2 Å². The summed E-state index contributed by atoms with van der Waals surface area (Å²) in [6.07, 6.45) is 1.77. The molecule has 0 spiro atoms. The van der Waals surface area contributed by atoms with Crippen molar-refractivity contribution in [1.82, 2.24) is 4.31 Å². The summed E-state index contributed by atoms with van der Waals surface area (Å²) >= 11 is 0. The summed E-state index contributed by atoms with van der Waals surface area (Å²) in [6, 6.07) is 13.7. The average molecular weight is 403 g/mol. The van der Waals surface area contributed by atoms with Crippen molar-refractivity contribution in [1.29, 1.82) is 0 Å². The summed E-state index contributed by atoms with van der Waals surface area (Å²) in [4.78, 5) is 12.3. The molecular weight excluding hydrogens is 376 g/mol. The van der Waals surface area contributed by atoms with Gasteiger partial charge in [0.1, 0.15) is 5.75 Å². The van der Waals surface area contributed by atoms with Crippen molar-refractivity contribution in [2.75, 3.05) is 25.0 Å². The van der Waals surface area contributed by atoms with Gasteiger partial charge < -0.3 is 10.1 Å². The molecule has 1 fully saturated rings. The molecule has 3 rings (SSSR count). The number of hydrogen-bond acceptors (Lipinski definition) is 4. The van der Waals surface area contributed by atoms with Gasteiger partial charge in [-0.2, -0.15) is 4.31 Å². The number of ether oxygens (including phenoxy) is 1. The van der Waals surface area contributed by atoms with E-state index in [4.69, 9.17) is 4.74 Å². The monoisotopic (exact) mass is 402 g/mol. The molecule has 1 saturated heterocycles. The third kappa shape index (κ3) is 4.91. The highest BCUT2D eigenvalue weighted by molar-refractivity contribution is 7.89. The highest BCUT2D eigenvalue weighted by Crippen LogP contribution is 2.24. The molecule has 1 heterocycles. The minimum absolute atomic E-state index is 0.114. The van der Waals surface area contributed by atoms with E-state index in [-0.39, 0.29) is 17.4 Å². The summed E-state index contributed by atoms with van der Waals surface area (Å²) < 4.78 is 32.5. The zero-order chi connectivity index (χ0) is 20.1. The Bertz CT molecular complexity index is 918. The fourth-order valence-corrected chi connectivity index (χ4v) is 4.61. The van der Waals surface area contributed by atoms with Gasteiger partial charge in [0.05, 0.1) is 4.90 Å². The van der Waals surface area contributed by atoms with Crippen LogP contribution in [0.1, 0.15) is 25.3 Å². The molecule has 0 atom stereocenters. The first-order valence-corrected chi connectivity index (χ1v) is 10.9. The molecular formula is C21H26N2O4S. The Morgan fingerprint density at radius 1 is 1.11 bits per heavy atom. The van der Waals surface area contributed by atoms with Crippen molar-refractivity contribution in [2.24, 2.45) is 5.92 Å². The molecule has 2 aromatic carbocycles. The first-order valence-electron chi connectivity index (χ1n) is 9.45. The van der Waals surface area contributed by atoms with Crippen molar-refractivity contribution in [3.05, 3.63) is 54.1 Å². The molecule has 1 N–H and O–H groups in total. The van der Waals surface area contributed by atoms with Gasteiger partial charge in [0.25, 0.3) is 5.91 Å². The van der Waals surface area contributed by atoms with Gasteiger partial charge in [-0.05, 0) is 61.6 Å². The molecule has 1 aliphatic heterocycles. The van der Waals surface area contributed by atoms with Crippen LogP contribution in [-0.4, -0.2) is 38.3 Å². The number of piperidine rings is 1. The number of amides is 1. The summed E-state index contributed by atoms with van der Waals surface area (Å²) in [5.74, 6) is 0.921. The zero-order valence-electron chi connectivity index (χ0n) is 16.2. The number of anilines is 1. The fraction of sp³-hybridized carbons (Fsp3) is 0.381. The Balaban J connectivity index is 1.58. The van der Waals surface area contributed by atoms with E-state index in [1.807, 2.05) is 31.2 Å². The fourth-order valence-electron chi connectivity index (χ4n) is 3.14. The number of benzene rings is 2. The average Bonchev–Trinajstić information content (AvgIpc) is 2.68. The first-order chi connectivity index (χ1) is 13.4. The number of carbonyl (C=O) groups excluding carboxylic acids is 1. The Hall–Kier alpha value is -2.38. The first kappa shape index (κ1) is 20.4. The van der Waals surface area contributed by atoms with Gasteiger partial charge in [0.15, 0.2) is 6.61 Å². The second-order valence-corrected chi connectivity index (χ2v) is 9.15. The molecule has 7 heteroatoms. The molecule has 28 heavy (non-hydrogen) atoms. The summed E-state index contributed by atoms with van der Waals surface area (Å²) in [7, 11) is -3.49. The van der Waals surface area contributed by atoms with Crippen LogP contribution in [0.25, 0.3) is 0 Å². The summed E-state index contributed by atoms with van der Waals surface area (Å²) in [5, 5.41) is 2.72. The van der Waals surface area contributed by atoms with E-state index in [1.165, 1.54) is 16.4 Å². The topological polar surface area (TPSA) is 75.7 Å². The van der Waals surface area contributed by atoms with Crippen LogP contribution in [0.4, 0.5) is 5.69 Å². The molecule has 1 aliphatic rings. The lowest BCUT2D eigenvalue weighted by Gasteiger charge is -2.29. The maximum absolute atomic E-state index is 12.7. The Labute approximate surface area is 166 Å². The number of hydrogen-bond donors (Lipinski definition) is 1. The van der Waals surface area contributed by atoms with Gasteiger partial charge in [-0.1, -0.05) is 25.1 Å². The number of para-hydroxylation sites is 1. The lowest BCUT2D eigenvalue weighted by Crippen LogP contribution is -2.37. The highest BCUT2D eigenvalue weighted by atomic mass is 32.2. The van der Waals surface area contributed by atoms with Crippen molar-refractivity contribution in [3.8, 4) is 5.75 Å². The molecule has 0 aromatic heterocycles. The van der Waals surface area contributed by atoms with Crippen LogP contribution in [0.15, 0.2) is 53.4 Å². The van der Waals surface area contributed by atoms with Crippen molar-refractivity contribution in [2.45, 2.75) is 31.6 Å². The third-order valence-corrected chi connectivity index (χ3v) is 6.88. The molecule has 6 nitrogen and oxygen atoms in total. The van der Waals surface area contributed by atoms with Crippen LogP contribution in [0.2, 0.25) is 0 Å². The molecule has 0 aliphatic carbocycles. The van der Waals surface area contributed by atoms with Crippen LogP contribution in [0.3, 0.4) is 0 Å². The van der Waals surface area contributed by atoms with Crippen LogP contribution in [-0.2, 0) is 14.8 Å². The number of nitrogens with zero attached hydrogens (tertiary/aromatic N) is 1. The van der Waals surface area contributed by atoms with Crippen LogP contribution in [0, 0.1) is 12.8 Å². The van der Waals surface area contributed by atoms with Gasteiger partial charge in [-0.15, -0.1) is 0 Å². The van der Waals surface area contributed by atoms with Gasteiger partial charge in [-0.25, -0.2) is 8.42 Å². The maximum Gasteiger partial charge on any atom is 0.262 e. The van der Waals surface area contributed by atoms with Crippen molar-refractivity contribution >= 4 is 21.6 Å². The largest absolute Gasteiger partial charge is 0.483 e. The van der Waals surface area contributed by atoms with E-state index in [0.29, 0.717) is 30.4 Å². The van der Waals surface area contributed by atoms with Crippen LogP contribution in [0.5, 0.6) is 5.75 Å². The van der Waals surface area contributed by atoms with E-state index in [0.717, 1.165) is 18.4 Å². The number of aryl methyl sites for hydroxylation is 1. The number of nitrogens with one attached hydrogen (secondary N) is 1. The van der Waals surface area contributed by atoms with E-state index < -0.39 is 10.0 Å². The van der Waals surface area contributed by atoms with Crippen LogP contribution < -0.4 is 10.1 Å². The van der Waals surface area contributed by atoms with Gasteiger partial charge >= 0.3 is 0 Å². The Morgan fingerprint density at radius 3 is 2.39 bits per heavy atom. The number of sulfonamides is 1. The predicted molar refractivity (Wildman–Crippen MR) is 109 cm³/mol. The van der Waals surface area contributed by atoms with Gasteiger partial charge in [-0.3, -0.25) is 4.79 Å². The molecule has 2 aromatic rings. The minimum Gasteiger partial charge on any atom is -0.483 e. The molecule has 0 radical (unpaired) electrons. The molecule has 0 unspecified atom stereocenters. The normalized spacial score (nSPS) is 15.9. The lowest BCUT2D eigenvalue weighted by atomic mass is 10.0. The standard InChI is InChI=1S/C21H26N2O4S/c1-16-11-13-23(14-12-16)28(25,26)19-9-7-18(8-10-19)22-21(24)15-27-20-6-4-3-5-17(20)2/h3-10,16H,11-15H2,1-2H3,(H,22,24). The second kappa shape index (κ2) is 8.75. The van der Waals surface area contributed by atoms with Crippen molar-refractivity contribution < 1.29 is 17.9 Å². The number of carbonyl (C=O) groups is 1. The minimum atomic E-state index is -3.49. The van der Waals surface area contributed by atoms with E-state index in [1.54, 1.807) is 12.1 Å². The Kier molecular flexibility index (Phi) is 6.36. The molecule has 150 valence electrons. The lowest BCUT2D eigenvalue weighted by molar-refractivity contribution is -0.118.